The topological polar surface area (TPSA) is 0 Å². The van der Waals surface area contributed by atoms with Crippen LogP contribution in [0.5, 0.6) is 0 Å². The minimum atomic E-state index is 1.32. The average molecular weight is 188 g/mol. The zero-order valence-corrected chi connectivity index (χ0v) is 10.9. The van der Waals surface area contributed by atoms with Crippen molar-refractivity contribution < 1.29 is 0 Å². The molecule has 0 amide bonds. The van der Waals surface area contributed by atoms with E-state index in [4.69, 9.17) is 0 Å². The molecular weight excluding hydrogens is 156 g/mol. The Bertz CT molecular complexity index is 29.3. The van der Waals surface area contributed by atoms with E-state index in [1.165, 1.54) is 44.9 Å². The van der Waals surface area contributed by atoms with Crippen molar-refractivity contribution in [3.05, 3.63) is 0 Å². The summed E-state index contributed by atoms with van der Waals surface area (Å²) < 4.78 is 0. The highest BCUT2D eigenvalue weighted by Crippen LogP contribution is 1.88. The summed E-state index contributed by atoms with van der Waals surface area (Å²) in [6.45, 7) is 13.1. The van der Waals surface area contributed by atoms with Gasteiger partial charge in [-0.15, -0.1) is 0 Å². The molecular formula is C13H32. The summed E-state index contributed by atoms with van der Waals surface area (Å²) in [4.78, 5) is 0. The maximum Gasteiger partial charge on any atom is -0.0538 e. The first-order valence-electron chi connectivity index (χ1n) is 6.24. The van der Waals surface area contributed by atoms with Crippen molar-refractivity contribution in [3.63, 3.8) is 0 Å². The molecule has 0 aliphatic heterocycles. The van der Waals surface area contributed by atoms with Crippen LogP contribution in [0.15, 0.2) is 0 Å². The Morgan fingerprint density at radius 2 is 0.615 bits per heavy atom. The van der Waals surface area contributed by atoms with Gasteiger partial charge in [-0.25, -0.2) is 0 Å². The Hall–Kier alpha value is 0. The molecule has 0 aromatic heterocycles. The lowest BCUT2D eigenvalue weighted by atomic mass is 10.3. The van der Waals surface area contributed by atoms with Crippen LogP contribution in [0.3, 0.4) is 0 Å². The van der Waals surface area contributed by atoms with E-state index in [1.54, 1.807) is 0 Å². The molecule has 0 aromatic rings. The molecule has 0 aliphatic rings. The van der Waals surface area contributed by atoms with E-state index in [0.29, 0.717) is 0 Å². The van der Waals surface area contributed by atoms with Gasteiger partial charge in [-0.1, -0.05) is 86.5 Å². The summed E-state index contributed by atoms with van der Waals surface area (Å²) in [5.74, 6) is 0. The van der Waals surface area contributed by atoms with Gasteiger partial charge in [0.15, 0.2) is 0 Å². The molecule has 0 spiro atoms. The van der Waals surface area contributed by atoms with Crippen LogP contribution < -0.4 is 0 Å². The molecule has 0 saturated carbocycles. The van der Waals surface area contributed by atoms with Crippen molar-refractivity contribution >= 4 is 0 Å². The summed E-state index contributed by atoms with van der Waals surface area (Å²) in [5.41, 5.74) is 0. The Labute approximate surface area is 87.1 Å². The molecule has 0 unspecified atom stereocenters. The summed E-state index contributed by atoms with van der Waals surface area (Å²) in [6.07, 6.45) is 9.35. The maximum absolute atomic E-state index is 2.21. The van der Waals surface area contributed by atoms with Crippen LogP contribution in [0.2, 0.25) is 0 Å². The second kappa shape index (κ2) is 29.6. The van der Waals surface area contributed by atoms with E-state index in [9.17, 15) is 0 Å². The van der Waals surface area contributed by atoms with Gasteiger partial charge in [0, 0.05) is 0 Å². The first kappa shape index (κ1) is 18.7. The highest BCUT2D eigenvalue weighted by molar-refractivity contribution is 4.24. The SMILES string of the molecule is CCCC.CCCC.CCCCC. The fourth-order valence-corrected chi connectivity index (χ4v) is 0.354. The van der Waals surface area contributed by atoms with Crippen molar-refractivity contribution in [2.45, 2.75) is 86.5 Å². The molecule has 0 atom stereocenters. The third-order valence-corrected chi connectivity index (χ3v) is 1.71. The number of hydrogen-bond acceptors (Lipinski definition) is 0. The van der Waals surface area contributed by atoms with Crippen LogP contribution in [0.25, 0.3) is 0 Å². The molecule has 0 N–H and O–H groups in total. The second-order valence-electron chi connectivity index (χ2n) is 3.35. The molecule has 0 rings (SSSR count). The Morgan fingerprint density at radius 3 is 0.615 bits per heavy atom. The van der Waals surface area contributed by atoms with Crippen LogP contribution in [-0.2, 0) is 0 Å². The highest BCUT2D eigenvalue weighted by atomic mass is 13.7. The summed E-state index contributed by atoms with van der Waals surface area (Å²) >= 11 is 0. The van der Waals surface area contributed by atoms with Gasteiger partial charge in [-0.05, 0) is 0 Å². The minimum absolute atomic E-state index is 1.32. The van der Waals surface area contributed by atoms with Crippen molar-refractivity contribution in [2.75, 3.05) is 0 Å². The van der Waals surface area contributed by atoms with Crippen LogP contribution >= 0.6 is 0 Å². The molecule has 0 aromatic carbocycles. The fraction of sp³-hybridized carbons (Fsp3) is 1.00. The predicted octanol–water partition coefficient (Wildman–Crippen LogP) is 5.81. The molecule has 84 valence electrons. The Kier molecular flexibility index (Phi) is 42.7. The van der Waals surface area contributed by atoms with E-state index < -0.39 is 0 Å². The smallest absolute Gasteiger partial charge is 0.0538 e. The third-order valence-electron chi connectivity index (χ3n) is 1.71. The predicted molar refractivity (Wildman–Crippen MR) is 66.4 cm³/mol. The zero-order valence-electron chi connectivity index (χ0n) is 10.9. The summed E-state index contributed by atoms with van der Waals surface area (Å²) in [7, 11) is 0. The van der Waals surface area contributed by atoms with Gasteiger partial charge in [-0.2, -0.15) is 0 Å². The number of rotatable bonds is 4. The normalized spacial score (nSPS) is 7.85. The summed E-state index contributed by atoms with van der Waals surface area (Å²) in [5, 5.41) is 0. The zero-order chi connectivity index (χ0) is 10.9. The van der Waals surface area contributed by atoms with Crippen molar-refractivity contribution in [1.82, 2.24) is 0 Å². The molecule has 0 saturated heterocycles. The van der Waals surface area contributed by atoms with E-state index in [-0.39, 0.29) is 0 Å². The first-order valence-corrected chi connectivity index (χ1v) is 6.24. The van der Waals surface area contributed by atoms with Crippen molar-refractivity contribution in [1.29, 1.82) is 0 Å². The van der Waals surface area contributed by atoms with Gasteiger partial charge in [0.25, 0.3) is 0 Å². The van der Waals surface area contributed by atoms with Gasteiger partial charge in [-0.3, -0.25) is 0 Å². The van der Waals surface area contributed by atoms with E-state index in [1.807, 2.05) is 0 Å². The molecule has 0 heteroatoms. The highest BCUT2D eigenvalue weighted by Gasteiger charge is 1.68. The van der Waals surface area contributed by atoms with Crippen LogP contribution in [-0.4, -0.2) is 0 Å². The van der Waals surface area contributed by atoms with E-state index >= 15 is 0 Å². The molecule has 0 heterocycles. The number of unbranched alkanes of at least 4 members (excludes halogenated alkanes) is 4. The lowest BCUT2D eigenvalue weighted by Crippen LogP contribution is -1.59. The summed E-state index contributed by atoms with van der Waals surface area (Å²) in [6, 6.07) is 0. The molecule has 0 radical (unpaired) electrons. The van der Waals surface area contributed by atoms with Crippen LogP contribution in [0.1, 0.15) is 86.5 Å². The maximum atomic E-state index is 2.21. The standard InChI is InChI=1S/C5H12.2C4H10/c1-3-5-4-2;2*1-3-4-2/h3-5H2,1-2H3;2*3-4H2,1-2H3. The van der Waals surface area contributed by atoms with E-state index in [2.05, 4.69) is 41.5 Å². The second-order valence-corrected chi connectivity index (χ2v) is 3.35. The van der Waals surface area contributed by atoms with Crippen molar-refractivity contribution in [2.24, 2.45) is 0 Å². The quantitative estimate of drug-likeness (QED) is 0.522. The molecule has 0 fully saturated rings. The van der Waals surface area contributed by atoms with Gasteiger partial charge in [0.1, 0.15) is 0 Å². The first-order chi connectivity index (χ1) is 6.24. The van der Waals surface area contributed by atoms with Crippen LogP contribution in [0, 0.1) is 0 Å². The lowest BCUT2D eigenvalue weighted by molar-refractivity contribution is 0.772. The Balaban J connectivity index is -0.000000117. The lowest BCUT2D eigenvalue weighted by Gasteiger charge is -1.79. The van der Waals surface area contributed by atoms with Crippen LogP contribution in [0.4, 0.5) is 0 Å². The largest absolute Gasteiger partial charge is 0.0654 e. The van der Waals surface area contributed by atoms with E-state index in [0.717, 1.165) is 0 Å². The Morgan fingerprint density at radius 1 is 0.385 bits per heavy atom. The molecule has 13 heavy (non-hydrogen) atoms. The van der Waals surface area contributed by atoms with Gasteiger partial charge >= 0.3 is 0 Å². The minimum Gasteiger partial charge on any atom is -0.0654 e. The molecule has 0 nitrogen and oxygen atoms in total. The van der Waals surface area contributed by atoms with Gasteiger partial charge < -0.3 is 0 Å². The van der Waals surface area contributed by atoms with Gasteiger partial charge in [0.05, 0.1) is 0 Å². The average Bonchev–Trinajstić information content (AvgIpc) is 2.20. The molecule has 0 aliphatic carbocycles. The number of hydrogen-bond donors (Lipinski definition) is 0. The monoisotopic (exact) mass is 188 g/mol. The fourth-order valence-electron chi connectivity index (χ4n) is 0.354. The van der Waals surface area contributed by atoms with Gasteiger partial charge in [0.2, 0.25) is 0 Å². The third kappa shape index (κ3) is 75.0. The van der Waals surface area contributed by atoms with Crippen molar-refractivity contribution in [3.8, 4) is 0 Å². The molecule has 0 bridgehead atoms.